The molecule has 0 aliphatic rings. The Hall–Kier alpha value is -2.30. The van der Waals surface area contributed by atoms with Crippen molar-refractivity contribution in [1.82, 2.24) is 15.3 Å². The largest absolute Gasteiger partial charge is 0.484 e. The van der Waals surface area contributed by atoms with Gasteiger partial charge in [0.1, 0.15) is 5.75 Å². The van der Waals surface area contributed by atoms with Crippen LogP contribution in [-0.4, -0.2) is 22.5 Å². The molecule has 5 nitrogen and oxygen atoms in total. The molecule has 5 heteroatoms. The van der Waals surface area contributed by atoms with Gasteiger partial charge in [-0.1, -0.05) is 18.2 Å². The van der Waals surface area contributed by atoms with Gasteiger partial charge in [0, 0.05) is 6.20 Å². The molecule has 17 heavy (non-hydrogen) atoms. The monoisotopic (exact) mass is 231 g/mol. The molecule has 0 unspecified atom stereocenters. The minimum Gasteiger partial charge on any atom is -0.484 e. The molecule has 1 aromatic heterocycles. The first-order valence-electron chi connectivity index (χ1n) is 5.26. The van der Waals surface area contributed by atoms with Crippen LogP contribution in [0.25, 0.3) is 0 Å². The van der Waals surface area contributed by atoms with Crippen LogP contribution in [0.4, 0.5) is 0 Å². The molecule has 0 fully saturated rings. The van der Waals surface area contributed by atoms with Gasteiger partial charge in [0.25, 0.3) is 5.91 Å². The Labute approximate surface area is 98.8 Å². The van der Waals surface area contributed by atoms with E-state index in [0.717, 1.165) is 5.69 Å². The molecule has 0 aliphatic carbocycles. The molecule has 1 heterocycles. The number of ether oxygens (including phenoxy) is 1. The second-order valence-corrected chi connectivity index (χ2v) is 3.46. The molecule has 0 aliphatic heterocycles. The van der Waals surface area contributed by atoms with Crippen molar-refractivity contribution in [2.75, 3.05) is 6.61 Å². The molecule has 88 valence electrons. The summed E-state index contributed by atoms with van der Waals surface area (Å²) in [6.45, 7) is 0.440. The Bertz CT molecular complexity index is 454. The summed E-state index contributed by atoms with van der Waals surface area (Å²) in [5, 5.41) is 2.72. The van der Waals surface area contributed by atoms with E-state index in [9.17, 15) is 4.79 Å². The van der Waals surface area contributed by atoms with Gasteiger partial charge in [0.2, 0.25) is 0 Å². The molecule has 2 aromatic rings. The first-order valence-corrected chi connectivity index (χ1v) is 5.26. The minimum absolute atomic E-state index is 0.0121. The summed E-state index contributed by atoms with van der Waals surface area (Å²) >= 11 is 0. The van der Waals surface area contributed by atoms with E-state index in [1.807, 2.05) is 30.3 Å². The highest BCUT2D eigenvalue weighted by Crippen LogP contribution is 2.07. The second-order valence-electron chi connectivity index (χ2n) is 3.46. The molecule has 0 saturated carbocycles. The third-order valence-corrected chi connectivity index (χ3v) is 2.14. The zero-order valence-corrected chi connectivity index (χ0v) is 9.22. The Balaban J connectivity index is 1.71. The van der Waals surface area contributed by atoms with E-state index >= 15 is 0 Å². The summed E-state index contributed by atoms with van der Waals surface area (Å²) < 4.78 is 5.30. The fourth-order valence-corrected chi connectivity index (χ4v) is 1.29. The van der Waals surface area contributed by atoms with Crippen molar-refractivity contribution in [1.29, 1.82) is 0 Å². The molecule has 0 atom stereocenters. The van der Waals surface area contributed by atoms with Crippen molar-refractivity contribution in [3.63, 3.8) is 0 Å². The van der Waals surface area contributed by atoms with Gasteiger partial charge in [0.05, 0.1) is 18.6 Å². The highest BCUT2D eigenvalue weighted by molar-refractivity contribution is 5.77. The maximum atomic E-state index is 11.4. The number of imidazole rings is 1. The molecular weight excluding hydrogens is 218 g/mol. The first-order chi connectivity index (χ1) is 8.34. The number of aromatic nitrogens is 2. The lowest BCUT2D eigenvalue weighted by molar-refractivity contribution is -0.123. The average molecular weight is 231 g/mol. The maximum Gasteiger partial charge on any atom is 0.258 e. The summed E-state index contributed by atoms with van der Waals surface area (Å²) in [5.41, 5.74) is 0.859. The normalized spacial score (nSPS) is 9.88. The fourth-order valence-electron chi connectivity index (χ4n) is 1.29. The first kappa shape index (κ1) is 11.2. The molecule has 1 aromatic carbocycles. The van der Waals surface area contributed by atoms with Crippen molar-refractivity contribution >= 4 is 5.91 Å². The van der Waals surface area contributed by atoms with E-state index in [4.69, 9.17) is 4.74 Å². The van der Waals surface area contributed by atoms with E-state index in [-0.39, 0.29) is 12.5 Å². The number of nitrogens with one attached hydrogen (secondary N) is 2. The Morgan fingerprint density at radius 3 is 2.88 bits per heavy atom. The van der Waals surface area contributed by atoms with E-state index < -0.39 is 0 Å². The molecular formula is C12H13N3O2. The number of hydrogen-bond donors (Lipinski definition) is 2. The van der Waals surface area contributed by atoms with Crippen molar-refractivity contribution < 1.29 is 9.53 Å². The lowest BCUT2D eigenvalue weighted by Gasteiger charge is -2.06. The van der Waals surface area contributed by atoms with E-state index in [2.05, 4.69) is 15.3 Å². The van der Waals surface area contributed by atoms with E-state index in [0.29, 0.717) is 12.3 Å². The SMILES string of the molecule is O=C(COc1ccccc1)NCc1cnc[nH]1. The summed E-state index contributed by atoms with van der Waals surface area (Å²) in [6.07, 6.45) is 3.24. The van der Waals surface area contributed by atoms with E-state index in [1.165, 1.54) is 0 Å². The van der Waals surface area contributed by atoms with Gasteiger partial charge in [0.15, 0.2) is 6.61 Å². The summed E-state index contributed by atoms with van der Waals surface area (Å²) in [7, 11) is 0. The number of hydrogen-bond acceptors (Lipinski definition) is 3. The standard InChI is InChI=1S/C12H13N3O2/c16-12(14-7-10-6-13-9-15-10)8-17-11-4-2-1-3-5-11/h1-6,9H,7-8H2,(H,13,15)(H,14,16). The van der Waals surface area contributed by atoms with Crippen LogP contribution in [0, 0.1) is 0 Å². The quantitative estimate of drug-likeness (QED) is 0.809. The predicted molar refractivity (Wildman–Crippen MR) is 62.4 cm³/mol. The Morgan fingerprint density at radius 2 is 2.18 bits per heavy atom. The Morgan fingerprint density at radius 1 is 1.35 bits per heavy atom. The smallest absolute Gasteiger partial charge is 0.258 e. The van der Waals surface area contributed by atoms with Crippen LogP contribution in [0.1, 0.15) is 5.69 Å². The maximum absolute atomic E-state index is 11.4. The van der Waals surface area contributed by atoms with Crippen LogP contribution in [0.15, 0.2) is 42.9 Å². The number of H-pyrrole nitrogens is 1. The van der Waals surface area contributed by atoms with Gasteiger partial charge in [-0.05, 0) is 12.1 Å². The zero-order chi connectivity index (χ0) is 11.9. The summed E-state index contributed by atoms with van der Waals surface area (Å²) in [4.78, 5) is 18.2. The number of carbonyl (C=O) groups is 1. The number of nitrogens with zero attached hydrogens (tertiary/aromatic N) is 1. The van der Waals surface area contributed by atoms with Crippen LogP contribution in [0.2, 0.25) is 0 Å². The van der Waals surface area contributed by atoms with Gasteiger partial charge in [-0.25, -0.2) is 4.98 Å². The van der Waals surface area contributed by atoms with Crippen molar-refractivity contribution in [3.8, 4) is 5.75 Å². The number of carbonyl (C=O) groups excluding carboxylic acids is 1. The second kappa shape index (κ2) is 5.69. The topological polar surface area (TPSA) is 67.0 Å². The summed E-state index contributed by atoms with van der Waals surface area (Å²) in [5.74, 6) is 0.521. The van der Waals surface area contributed by atoms with Gasteiger partial charge in [-0.15, -0.1) is 0 Å². The molecule has 0 radical (unpaired) electrons. The number of para-hydroxylation sites is 1. The lowest BCUT2D eigenvalue weighted by Crippen LogP contribution is -2.28. The fraction of sp³-hybridized carbons (Fsp3) is 0.167. The van der Waals surface area contributed by atoms with Gasteiger partial charge >= 0.3 is 0 Å². The third-order valence-electron chi connectivity index (χ3n) is 2.14. The summed E-state index contributed by atoms with van der Waals surface area (Å²) in [6, 6.07) is 9.23. The predicted octanol–water partition coefficient (Wildman–Crippen LogP) is 1.10. The van der Waals surface area contributed by atoms with Crippen molar-refractivity contribution in [2.45, 2.75) is 6.54 Å². The molecule has 2 rings (SSSR count). The van der Waals surface area contributed by atoms with Crippen molar-refractivity contribution in [2.24, 2.45) is 0 Å². The van der Waals surface area contributed by atoms with Gasteiger partial charge in [-0.2, -0.15) is 0 Å². The number of benzene rings is 1. The molecule has 1 amide bonds. The number of amides is 1. The molecule has 2 N–H and O–H groups in total. The average Bonchev–Trinajstić information content (AvgIpc) is 2.88. The van der Waals surface area contributed by atoms with Crippen LogP contribution in [0.5, 0.6) is 5.75 Å². The molecule has 0 saturated heterocycles. The van der Waals surface area contributed by atoms with Crippen molar-refractivity contribution in [3.05, 3.63) is 48.5 Å². The highest BCUT2D eigenvalue weighted by atomic mass is 16.5. The van der Waals surface area contributed by atoms with Crippen LogP contribution in [0.3, 0.4) is 0 Å². The number of rotatable bonds is 5. The lowest BCUT2D eigenvalue weighted by atomic mass is 10.3. The number of aromatic amines is 1. The van der Waals surface area contributed by atoms with Gasteiger partial charge < -0.3 is 15.0 Å². The molecule has 0 spiro atoms. The van der Waals surface area contributed by atoms with Crippen LogP contribution in [-0.2, 0) is 11.3 Å². The van der Waals surface area contributed by atoms with Crippen LogP contribution < -0.4 is 10.1 Å². The third kappa shape index (κ3) is 3.64. The van der Waals surface area contributed by atoms with Gasteiger partial charge in [-0.3, -0.25) is 4.79 Å². The highest BCUT2D eigenvalue weighted by Gasteiger charge is 2.02. The van der Waals surface area contributed by atoms with Crippen LogP contribution >= 0.6 is 0 Å². The van der Waals surface area contributed by atoms with E-state index in [1.54, 1.807) is 12.5 Å². The minimum atomic E-state index is -0.163. The molecule has 0 bridgehead atoms. The zero-order valence-electron chi connectivity index (χ0n) is 9.22. The Kier molecular flexibility index (Phi) is 3.75.